The quantitative estimate of drug-likeness (QED) is 0.176. The lowest BCUT2D eigenvalue weighted by Gasteiger charge is -2.40. The van der Waals surface area contributed by atoms with E-state index in [2.05, 4.69) is 264 Å². The number of benzene rings is 11. The number of para-hydroxylation sites is 6. The van der Waals surface area contributed by atoms with Crippen LogP contribution in [0.2, 0.25) is 0 Å². The van der Waals surface area contributed by atoms with Gasteiger partial charge in [-0.2, -0.15) is 0 Å². The van der Waals surface area contributed by atoms with Crippen molar-refractivity contribution >= 4 is 38.9 Å². The van der Waals surface area contributed by atoms with Crippen molar-refractivity contribution in [2.75, 3.05) is 4.90 Å². The van der Waals surface area contributed by atoms with Crippen LogP contribution in [0.15, 0.2) is 255 Å². The average Bonchev–Trinajstić information content (AvgIpc) is 4.05. The van der Waals surface area contributed by atoms with Crippen LogP contribution in [0.25, 0.3) is 49.7 Å². The molecule has 72 heavy (non-hydrogen) atoms. The van der Waals surface area contributed by atoms with Gasteiger partial charge in [0.05, 0.1) is 33.2 Å². The molecule has 0 fully saturated rings. The maximum absolute atomic E-state index is 6.79. The SMILES string of the molecule is c1ccc(-n2c3ccccc3c3ccc(N(c4cccc5c4-c4ccccc4C54c5ccccc5Oc5ccccc54)c4cccc5c4-c4ccccc4C54c5ccccc5Oc5ccccc54)cc32)cc1. The lowest BCUT2D eigenvalue weighted by molar-refractivity contribution is 0.436. The van der Waals surface area contributed by atoms with Crippen molar-refractivity contribution < 1.29 is 9.47 Å². The standard InChI is InChI=1S/C68H42N2O2/c1-2-20-43(21-3-1)69-57-33-13-6-22-45(57)46-41-40-44(42-60(46)69)70(58-34-18-31-55-65(58)47-23-4-7-25-49(47)67(55)51-27-9-14-36-61(51)71-62-37-15-10-28-52(62)67)59-35-19-32-56-66(59)48-24-5-8-26-50(48)68(56)53-29-11-16-38-63(53)72-64-39-17-12-30-54(64)68/h1-42H. The van der Waals surface area contributed by atoms with Crippen LogP contribution < -0.4 is 14.4 Å². The summed E-state index contributed by atoms with van der Waals surface area (Å²) < 4.78 is 16.0. The zero-order valence-corrected chi connectivity index (χ0v) is 39.0. The van der Waals surface area contributed by atoms with Crippen LogP contribution in [-0.4, -0.2) is 4.57 Å². The number of fused-ring (bicyclic) bond motifs is 21. The van der Waals surface area contributed by atoms with Gasteiger partial charge in [0.2, 0.25) is 0 Å². The molecule has 11 aromatic carbocycles. The molecule has 2 aliphatic carbocycles. The molecule has 2 spiro atoms. The summed E-state index contributed by atoms with van der Waals surface area (Å²) in [5.74, 6) is 3.50. The van der Waals surface area contributed by atoms with Gasteiger partial charge in [-0.1, -0.05) is 188 Å². The number of aromatic nitrogens is 1. The monoisotopic (exact) mass is 918 g/mol. The third-order valence-corrected chi connectivity index (χ3v) is 16.1. The Labute approximate surface area is 416 Å². The minimum Gasteiger partial charge on any atom is -0.457 e. The largest absolute Gasteiger partial charge is 0.457 e. The molecule has 0 saturated heterocycles. The van der Waals surface area contributed by atoms with E-state index in [0.29, 0.717) is 0 Å². The predicted molar refractivity (Wildman–Crippen MR) is 290 cm³/mol. The zero-order chi connectivity index (χ0) is 47.1. The summed E-state index contributed by atoms with van der Waals surface area (Å²) in [6, 6.07) is 93.3. The van der Waals surface area contributed by atoms with Gasteiger partial charge >= 0.3 is 0 Å². The van der Waals surface area contributed by atoms with Crippen LogP contribution in [0, 0.1) is 0 Å². The van der Waals surface area contributed by atoms with Crippen molar-refractivity contribution in [1.82, 2.24) is 4.57 Å². The van der Waals surface area contributed by atoms with Gasteiger partial charge in [0.1, 0.15) is 23.0 Å². The third-order valence-electron chi connectivity index (χ3n) is 16.1. The predicted octanol–water partition coefficient (Wildman–Crippen LogP) is 17.2. The van der Waals surface area contributed by atoms with Crippen molar-refractivity contribution in [1.29, 1.82) is 0 Å². The summed E-state index contributed by atoms with van der Waals surface area (Å²) >= 11 is 0. The minimum atomic E-state index is -0.645. The molecule has 0 unspecified atom stereocenters. The molecule has 336 valence electrons. The minimum absolute atomic E-state index is 0.645. The molecule has 0 saturated carbocycles. The Morgan fingerprint density at radius 3 is 1.22 bits per heavy atom. The number of anilines is 3. The van der Waals surface area contributed by atoms with Gasteiger partial charge in [-0.3, -0.25) is 0 Å². The highest BCUT2D eigenvalue weighted by atomic mass is 16.5. The highest BCUT2D eigenvalue weighted by Crippen LogP contribution is 2.67. The molecule has 12 aromatic rings. The fraction of sp³-hybridized carbons (Fsp3) is 0.0294. The average molecular weight is 919 g/mol. The number of rotatable bonds is 4. The summed E-state index contributed by atoms with van der Waals surface area (Å²) in [7, 11) is 0. The second kappa shape index (κ2) is 14.6. The molecule has 0 amide bonds. The normalized spacial score (nSPS) is 14.3. The van der Waals surface area contributed by atoms with Crippen LogP contribution in [0.1, 0.15) is 44.5 Å². The van der Waals surface area contributed by atoms with E-state index in [4.69, 9.17) is 9.47 Å². The van der Waals surface area contributed by atoms with E-state index >= 15 is 0 Å². The molecule has 1 aromatic heterocycles. The smallest absolute Gasteiger partial charge is 0.132 e. The van der Waals surface area contributed by atoms with E-state index in [-0.39, 0.29) is 0 Å². The number of nitrogens with zero attached hydrogens (tertiary/aromatic N) is 2. The van der Waals surface area contributed by atoms with Crippen LogP contribution in [0.3, 0.4) is 0 Å². The maximum Gasteiger partial charge on any atom is 0.132 e. The lowest BCUT2D eigenvalue weighted by Crippen LogP contribution is -2.32. The molecular weight excluding hydrogens is 877 g/mol. The van der Waals surface area contributed by atoms with Crippen molar-refractivity contribution in [3.8, 4) is 50.9 Å². The van der Waals surface area contributed by atoms with E-state index in [1.54, 1.807) is 0 Å². The first-order valence-corrected chi connectivity index (χ1v) is 24.8. The molecule has 3 heterocycles. The molecule has 0 N–H and O–H groups in total. The van der Waals surface area contributed by atoms with Gasteiger partial charge in [0.15, 0.2) is 0 Å². The van der Waals surface area contributed by atoms with Crippen molar-refractivity contribution in [2.24, 2.45) is 0 Å². The summed E-state index contributed by atoms with van der Waals surface area (Å²) in [6.07, 6.45) is 0. The summed E-state index contributed by atoms with van der Waals surface area (Å²) in [4.78, 5) is 2.57. The fourth-order valence-corrected chi connectivity index (χ4v) is 13.5. The Balaban J connectivity index is 1.05. The van der Waals surface area contributed by atoms with Gasteiger partial charge in [-0.15, -0.1) is 0 Å². The summed E-state index contributed by atoms with van der Waals surface area (Å²) in [6.45, 7) is 0. The highest BCUT2D eigenvalue weighted by molar-refractivity contribution is 6.11. The van der Waals surface area contributed by atoms with Gasteiger partial charge in [0, 0.05) is 55.5 Å². The molecule has 0 bridgehead atoms. The van der Waals surface area contributed by atoms with Crippen LogP contribution in [0.5, 0.6) is 23.0 Å². The zero-order valence-electron chi connectivity index (χ0n) is 39.0. The Morgan fingerprint density at radius 2 is 0.708 bits per heavy atom. The first-order chi connectivity index (χ1) is 35.7. The van der Waals surface area contributed by atoms with Crippen LogP contribution in [0.4, 0.5) is 17.1 Å². The van der Waals surface area contributed by atoms with E-state index in [0.717, 1.165) is 73.5 Å². The van der Waals surface area contributed by atoms with E-state index in [1.807, 2.05) is 0 Å². The van der Waals surface area contributed by atoms with Crippen molar-refractivity contribution in [3.05, 3.63) is 299 Å². The molecule has 0 atom stereocenters. The van der Waals surface area contributed by atoms with Crippen LogP contribution >= 0.6 is 0 Å². The maximum atomic E-state index is 6.79. The van der Waals surface area contributed by atoms with Gasteiger partial charge in [-0.25, -0.2) is 0 Å². The number of ether oxygens (including phenoxy) is 2. The third kappa shape index (κ3) is 4.95. The topological polar surface area (TPSA) is 26.6 Å². The van der Waals surface area contributed by atoms with E-state index in [9.17, 15) is 0 Å². The summed E-state index contributed by atoms with van der Waals surface area (Å²) in [5, 5.41) is 2.42. The molecule has 0 radical (unpaired) electrons. The van der Waals surface area contributed by atoms with E-state index < -0.39 is 10.8 Å². The van der Waals surface area contributed by atoms with Gasteiger partial charge in [0.25, 0.3) is 0 Å². The summed E-state index contributed by atoms with van der Waals surface area (Å²) in [5.41, 5.74) is 19.7. The number of hydrogen-bond donors (Lipinski definition) is 0. The Hall–Kier alpha value is -9.38. The Morgan fingerprint density at radius 1 is 0.306 bits per heavy atom. The Bertz CT molecular complexity index is 3970. The molecule has 4 aliphatic rings. The van der Waals surface area contributed by atoms with Crippen molar-refractivity contribution in [2.45, 2.75) is 10.8 Å². The lowest BCUT2D eigenvalue weighted by atomic mass is 9.66. The Kier molecular flexibility index (Phi) is 7.99. The van der Waals surface area contributed by atoms with E-state index in [1.165, 1.54) is 60.8 Å². The second-order valence-corrected chi connectivity index (χ2v) is 19.4. The first-order valence-electron chi connectivity index (χ1n) is 24.8. The fourth-order valence-electron chi connectivity index (χ4n) is 13.5. The molecule has 16 rings (SSSR count). The van der Waals surface area contributed by atoms with Gasteiger partial charge in [-0.05, 0) is 100 Å². The molecule has 2 aliphatic heterocycles. The highest BCUT2D eigenvalue weighted by Gasteiger charge is 2.54. The number of hydrogen-bond acceptors (Lipinski definition) is 3. The van der Waals surface area contributed by atoms with Crippen LogP contribution in [-0.2, 0) is 10.8 Å². The first kappa shape index (κ1) is 39.5. The molecular formula is C68H42N2O2. The van der Waals surface area contributed by atoms with Gasteiger partial charge < -0.3 is 18.9 Å². The molecule has 4 heteroatoms. The second-order valence-electron chi connectivity index (χ2n) is 19.4. The molecule has 4 nitrogen and oxygen atoms in total. The van der Waals surface area contributed by atoms with Crippen molar-refractivity contribution in [3.63, 3.8) is 0 Å².